The molecule has 1 saturated heterocycles. The van der Waals surface area contributed by atoms with Crippen molar-refractivity contribution in [2.75, 3.05) is 26.3 Å². The van der Waals surface area contributed by atoms with Gasteiger partial charge in [-0.1, -0.05) is 23.7 Å². The molecule has 1 amide bonds. The summed E-state index contributed by atoms with van der Waals surface area (Å²) in [6.45, 7) is 11.8. The van der Waals surface area contributed by atoms with Crippen LogP contribution in [0, 0.1) is 6.92 Å². The van der Waals surface area contributed by atoms with Gasteiger partial charge in [-0.05, 0) is 63.6 Å². The van der Waals surface area contributed by atoms with Crippen molar-refractivity contribution < 1.29 is 19.0 Å². The monoisotopic (exact) mass is 444 g/mol. The van der Waals surface area contributed by atoms with Crippen molar-refractivity contribution in [3.8, 4) is 17.2 Å². The summed E-state index contributed by atoms with van der Waals surface area (Å²) in [7, 11) is 0. The lowest BCUT2D eigenvalue weighted by Crippen LogP contribution is -2.36. The van der Waals surface area contributed by atoms with E-state index < -0.39 is 0 Å². The number of carbonyl (C=O) groups is 1. The normalized spacial score (nSPS) is 15.5. The third-order valence-corrected chi connectivity index (χ3v) is 5.26. The van der Waals surface area contributed by atoms with Crippen LogP contribution < -0.4 is 19.5 Å². The van der Waals surface area contributed by atoms with Gasteiger partial charge in [-0.25, -0.2) is 0 Å². The van der Waals surface area contributed by atoms with Crippen LogP contribution in [0.4, 0.5) is 0 Å². The molecule has 0 aromatic heterocycles. The largest absolute Gasteiger partial charge is 0.493 e. The average molecular weight is 445 g/mol. The first kappa shape index (κ1) is 22.8. The zero-order chi connectivity index (χ0) is 22.4. The van der Waals surface area contributed by atoms with E-state index in [0.717, 1.165) is 12.0 Å². The van der Waals surface area contributed by atoms with E-state index in [2.05, 4.69) is 11.9 Å². The van der Waals surface area contributed by atoms with Gasteiger partial charge < -0.3 is 24.4 Å². The first-order valence-electron chi connectivity index (χ1n) is 10.5. The zero-order valence-electron chi connectivity index (χ0n) is 18.2. The summed E-state index contributed by atoms with van der Waals surface area (Å²) in [5.41, 5.74) is 1.43. The van der Waals surface area contributed by atoms with Crippen molar-refractivity contribution in [1.82, 2.24) is 10.2 Å². The maximum Gasteiger partial charge on any atom is 0.261 e. The van der Waals surface area contributed by atoms with Crippen molar-refractivity contribution in [3.63, 3.8) is 0 Å². The summed E-state index contributed by atoms with van der Waals surface area (Å²) in [4.78, 5) is 15.1. The highest BCUT2D eigenvalue weighted by atomic mass is 35.5. The molecule has 2 aromatic rings. The van der Waals surface area contributed by atoms with Crippen LogP contribution in [0.15, 0.2) is 48.9 Å². The van der Waals surface area contributed by atoms with Crippen LogP contribution in [0.3, 0.4) is 0 Å². The predicted molar refractivity (Wildman–Crippen MR) is 122 cm³/mol. The molecule has 0 spiro atoms. The first-order chi connectivity index (χ1) is 14.9. The molecule has 1 fully saturated rings. The molecule has 0 radical (unpaired) electrons. The molecule has 0 aliphatic carbocycles. The number of benzene rings is 2. The van der Waals surface area contributed by atoms with Gasteiger partial charge in [0.2, 0.25) is 0 Å². The molecule has 1 aliphatic heterocycles. The highest BCUT2D eigenvalue weighted by molar-refractivity contribution is 6.30. The Morgan fingerprint density at radius 2 is 1.84 bits per heavy atom. The second kappa shape index (κ2) is 10.4. The molecule has 7 heteroatoms. The van der Waals surface area contributed by atoms with Crippen molar-refractivity contribution >= 4 is 17.5 Å². The van der Waals surface area contributed by atoms with E-state index in [1.165, 1.54) is 0 Å². The van der Waals surface area contributed by atoms with Crippen LogP contribution in [-0.4, -0.2) is 43.2 Å². The molecule has 1 atom stereocenters. The molecule has 166 valence electrons. The Kier molecular flexibility index (Phi) is 7.69. The number of aryl methyl sites for hydroxylation is 1. The predicted octanol–water partition coefficient (Wildman–Crippen LogP) is 4.80. The fourth-order valence-corrected chi connectivity index (χ4v) is 3.73. The number of likely N-dealkylation sites (tertiary alicyclic amines) is 1. The van der Waals surface area contributed by atoms with Crippen molar-refractivity contribution in [2.45, 2.75) is 33.2 Å². The van der Waals surface area contributed by atoms with Gasteiger partial charge in [0.15, 0.2) is 5.88 Å². The fourth-order valence-electron chi connectivity index (χ4n) is 3.57. The fraction of sp³-hybridized carbons (Fsp3) is 0.375. The number of ether oxygens (including phenoxy) is 3. The lowest BCUT2D eigenvalue weighted by atomic mass is 10.1. The summed E-state index contributed by atoms with van der Waals surface area (Å²) < 4.78 is 17.2. The van der Waals surface area contributed by atoms with Gasteiger partial charge in [0.25, 0.3) is 5.91 Å². The number of halogens is 1. The van der Waals surface area contributed by atoms with Gasteiger partial charge in [0.1, 0.15) is 22.8 Å². The zero-order valence-corrected chi connectivity index (χ0v) is 19.0. The number of nitrogens with zero attached hydrogens (tertiary/aromatic N) is 1. The minimum atomic E-state index is -0.103. The average Bonchev–Trinajstić information content (AvgIpc) is 3.19. The van der Waals surface area contributed by atoms with Gasteiger partial charge in [-0.2, -0.15) is 0 Å². The van der Waals surface area contributed by atoms with E-state index in [-0.39, 0.29) is 11.9 Å². The second-order valence-electron chi connectivity index (χ2n) is 7.31. The summed E-state index contributed by atoms with van der Waals surface area (Å²) in [6.07, 6.45) is 0.781. The Balaban J connectivity index is 1.66. The smallest absolute Gasteiger partial charge is 0.261 e. The third-order valence-electron chi connectivity index (χ3n) is 5.03. The maximum atomic E-state index is 13.3. The molecule has 0 bridgehead atoms. The first-order valence-corrected chi connectivity index (χ1v) is 10.9. The van der Waals surface area contributed by atoms with Gasteiger partial charge in [-0.3, -0.25) is 4.79 Å². The molecular weight excluding hydrogens is 416 g/mol. The molecular formula is C24H29ClN2O4. The number of carbonyl (C=O) groups excluding carboxylic acids is 1. The highest BCUT2D eigenvalue weighted by Crippen LogP contribution is 2.31. The number of amides is 1. The molecule has 0 saturated carbocycles. The number of nitrogens with one attached hydrogen (secondary N) is 1. The Morgan fingerprint density at radius 1 is 1.16 bits per heavy atom. The minimum absolute atomic E-state index is 0.0331. The SMILES string of the molecule is C=C(NC1CCN(C(=O)c2c(OCC)cccc2OCC)C1)Oc1cc(Cl)ccc1C. The summed E-state index contributed by atoms with van der Waals surface area (Å²) in [6, 6.07) is 10.9. The highest BCUT2D eigenvalue weighted by Gasteiger charge is 2.31. The molecule has 3 rings (SSSR count). The van der Waals surface area contributed by atoms with Crippen molar-refractivity contribution in [1.29, 1.82) is 0 Å². The van der Waals surface area contributed by atoms with E-state index >= 15 is 0 Å². The molecule has 2 aromatic carbocycles. The minimum Gasteiger partial charge on any atom is -0.493 e. The van der Waals surface area contributed by atoms with Crippen LogP contribution >= 0.6 is 11.6 Å². The van der Waals surface area contributed by atoms with E-state index in [9.17, 15) is 4.79 Å². The van der Waals surface area contributed by atoms with Crippen LogP contribution in [-0.2, 0) is 0 Å². The van der Waals surface area contributed by atoms with Gasteiger partial charge in [0, 0.05) is 24.2 Å². The maximum absolute atomic E-state index is 13.3. The summed E-state index contributed by atoms with van der Waals surface area (Å²) in [5.74, 6) is 2.06. The molecule has 1 aliphatic rings. The number of hydrogen-bond donors (Lipinski definition) is 1. The molecule has 31 heavy (non-hydrogen) atoms. The van der Waals surface area contributed by atoms with Crippen molar-refractivity contribution in [3.05, 3.63) is 65.0 Å². The second-order valence-corrected chi connectivity index (χ2v) is 7.75. The number of hydrogen-bond acceptors (Lipinski definition) is 5. The lowest BCUT2D eigenvalue weighted by molar-refractivity contribution is 0.0780. The van der Waals surface area contributed by atoms with Crippen LogP contribution in [0.2, 0.25) is 5.02 Å². The quantitative estimate of drug-likeness (QED) is 0.563. The van der Waals surface area contributed by atoms with Crippen LogP contribution in [0.5, 0.6) is 17.2 Å². The van der Waals surface area contributed by atoms with E-state index in [0.29, 0.717) is 60.0 Å². The van der Waals surface area contributed by atoms with Crippen LogP contribution in [0.1, 0.15) is 36.2 Å². The lowest BCUT2D eigenvalue weighted by Gasteiger charge is -2.21. The summed E-state index contributed by atoms with van der Waals surface area (Å²) >= 11 is 6.06. The molecule has 1 unspecified atom stereocenters. The van der Waals surface area contributed by atoms with E-state index in [1.54, 1.807) is 23.1 Å². The van der Waals surface area contributed by atoms with E-state index in [1.807, 2.05) is 39.0 Å². The van der Waals surface area contributed by atoms with E-state index in [4.69, 9.17) is 25.8 Å². The molecule has 1 N–H and O–H groups in total. The topological polar surface area (TPSA) is 60.0 Å². The summed E-state index contributed by atoms with van der Waals surface area (Å²) in [5, 5.41) is 3.87. The Hall–Kier alpha value is -2.86. The standard InChI is InChI=1S/C24H29ClN2O4/c1-5-29-20-8-7-9-21(30-6-2)23(20)24(28)27-13-12-19(15-27)26-17(4)31-22-14-18(25)11-10-16(22)3/h7-11,14,19,26H,4-6,12-13,15H2,1-3H3. The Labute approximate surface area is 188 Å². The van der Waals surface area contributed by atoms with Gasteiger partial charge >= 0.3 is 0 Å². The van der Waals surface area contributed by atoms with Crippen LogP contribution in [0.25, 0.3) is 0 Å². The Bertz CT molecular complexity index is 923. The Morgan fingerprint density at radius 3 is 2.48 bits per heavy atom. The third kappa shape index (κ3) is 5.64. The van der Waals surface area contributed by atoms with Gasteiger partial charge in [0.05, 0.1) is 13.2 Å². The van der Waals surface area contributed by atoms with Gasteiger partial charge in [-0.15, -0.1) is 0 Å². The molecule has 1 heterocycles. The molecule has 6 nitrogen and oxygen atoms in total. The number of rotatable bonds is 9. The van der Waals surface area contributed by atoms with Crippen molar-refractivity contribution in [2.24, 2.45) is 0 Å².